The van der Waals surface area contributed by atoms with E-state index in [1.165, 1.54) is 5.48 Å². The van der Waals surface area contributed by atoms with Crippen molar-refractivity contribution in [1.29, 1.82) is 0 Å². The second-order valence-electron chi connectivity index (χ2n) is 2.96. The molecule has 1 amide bonds. The van der Waals surface area contributed by atoms with Crippen LogP contribution in [0.15, 0.2) is 18.2 Å². The number of rotatable bonds is 3. The molecule has 0 aliphatic heterocycles. The third-order valence-electron chi connectivity index (χ3n) is 1.58. The Balaban J connectivity index is 2.59. The van der Waals surface area contributed by atoms with Crippen molar-refractivity contribution in [2.45, 2.75) is 6.18 Å². The number of amides is 1. The van der Waals surface area contributed by atoms with Gasteiger partial charge in [-0.3, -0.25) is 9.63 Å². The Morgan fingerprint density at radius 3 is 2.47 bits per heavy atom. The summed E-state index contributed by atoms with van der Waals surface area (Å²) < 4.78 is 60.4. The van der Waals surface area contributed by atoms with Crippen molar-refractivity contribution in [1.82, 2.24) is 5.48 Å². The van der Waals surface area contributed by atoms with Crippen LogP contribution in [0.4, 0.5) is 22.0 Å². The first kappa shape index (κ1) is 13.4. The maximum atomic E-state index is 13.0. The zero-order chi connectivity index (χ0) is 13.1. The van der Waals surface area contributed by atoms with E-state index in [0.29, 0.717) is 6.07 Å². The predicted octanol–water partition coefficient (Wildman–Crippen LogP) is 2.19. The zero-order valence-corrected chi connectivity index (χ0v) is 8.15. The van der Waals surface area contributed by atoms with Gasteiger partial charge in [-0.2, -0.15) is 13.2 Å². The van der Waals surface area contributed by atoms with Crippen LogP contribution in [0.2, 0.25) is 0 Å². The van der Waals surface area contributed by atoms with E-state index in [1.54, 1.807) is 0 Å². The Morgan fingerprint density at radius 2 is 1.94 bits per heavy atom. The Kier molecular flexibility index (Phi) is 4.00. The summed E-state index contributed by atoms with van der Waals surface area (Å²) in [6, 6.07) is 2.01. The van der Waals surface area contributed by atoms with Gasteiger partial charge in [0, 0.05) is 6.07 Å². The number of benzene rings is 1. The van der Waals surface area contributed by atoms with Crippen molar-refractivity contribution in [2.75, 3.05) is 6.61 Å². The molecule has 0 aromatic heterocycles. The topological polar surface area (TPSA) is 38.3 Å². The monoisotopic (exact) mass is 255 g/mol. The summed E-state index contributed by atoms with van der Waals surface area (Å²) in [7, 11) is 0. The lowest BCUT2D eigenvalue weighted by atomic mass is 10.2. The highest BCUT2D eigenvalue weighted by molar-refractivity contribution is 5.93. The molecule has 0 aliphatic rings. The molecule has 1 N–H and O–H groups in total. The van der Waals surface area contributed by atoms with E-state index in [4.69, 9.17) is 0 Å². The number of hydroxylamine groups is 1. The number of carbonyl (C=O) groups is 1. The Bertz CT molecular complexity index is 418. The highest BCUT2D eigenvalue weighted by Gasteiger charge is 2.28. The Labute approximate surface area is 92.1 Å². The SMILES string of the molecule is O=C(NOCC(F)(F)F)c1ccc(F)cc1F. The highest BCUT2D eigenvalue weighted by Crippen LogP contribution is 2.14. The Morgan fingerprint density at radius 1 is 1.29 bits per heavy atom. The third-order valence-corrected chi connectivity index (χ3v) is 1.58. The zero-order valence-electron chi connectivity index (χ0n) is 8.15. The summed E-state index contributed by atoms with van der Waals surface area (Å²) >= 11 is 0. The van der Waals surface area contributed by atoms with Crippen LogP contribution in [-0.4, -0.2) is 18.7 Å². The van der Waals surface area contributed by atoms with Crippen LogP contribution in [0.3, 0.4) is 0 Å². The maximum Gasteiger partial charge on any atom is 0.414 e. The van der Waals surface area contributed by atoms with Crippen LogP contribution < -0.4 is 5.48 Å². The van der Waals surface area contributed by atoms with Gasteiger partial charge in [-0.25, -0.2) is 14.3 Å². The van der Waals surface area contributed by atoms with Crippen molar-refractivity contribution < 1.29 is 31.6 Å². The fourth-order valence-corrected chi connectivity index (χ4v) is 0.912. The summed E-state index contributed by atoms with van der Waals surface area (Å²) in [5, 5.41) is 0. The molecule has 1 rings (SSSR count). The minimum atomic E-state index is -4.62. The molecule has 1 aromatic rings. The molecule has 0 heterocycles. The average molecular weight is 255 g/mol. The average Bonchev–Trinajstić information content (AvgIpc) is 2.15. The van der Waals surface area contributed by atoms with E-state index < -0.39 is 35.9 Å². The van der Waals surface area contributed by atoms with Gasteiger partial charge >= 0.3 is 6.18 Å². The molecule has 3 nitrogen and oxygen atoms in total. The molecule has 0 saturated heterocycles. The maximum absolute atomic E-state index is 13.0. The smallest absolute Gasteiger partial charge is 0.267 e. The number of carbonyl (C=O) groups excluding carboxylic acids is 1. The Hall–Kier alpha value is -1.70. The molecule has 0 saturated carbocycles. The molecule has 8 heteroatoms. The van der Waals surface area contributed by atoms with Crippen LogP contribution in [0, 0.1) is 11.6 Å². The molecule has 0 aliphatic carbocycles. The quantitative estimate of drug-likeness (QED) is 0.664. The van der Waals surface area contributed by atoms with Crippen molar-refractivity contribution in [3.05, 3.63) is 35.4 Å². The first-order chi connectivity index (χ1) is 7.79. The second-order valence-corrected chi connectivity index (χ2v) is 2.96. The largest absolute Gasteiger partial charge is 0.414 e. The number of nitrogens with one attached hydrogen (secondary N) is 1. The van der Waals surface area contributed by atoms with Gasteiger partial charge in [0.2, 0.25) is 0 Å². The molecule has 0 radical (unpaired) electrons. The van der Waals surface area contributed by atoms with Crippen molar-refractivity contribution in [2.24, 2.45) is 0 Å². The first-order valence-electron chi connectivity index (χ1n) is 4.23. The lowest BCUT2D eigenvalue weighted by Gasteiger charge is -2.08. The molecule has 94 valence electrons. The van der Waals surface area contributed by atoms with E-state index in [0.717, 1.165) is 12.1 Å². The first-order valence-corrected chi connectivity index (χ1v) is 4.23. The van der Waals surface area contributed by atoms with E-state index >= 15 is 0 Å². The van der Waals surface area contributed by atoms with Gasteiger partial charge in [-0.15, -0.1) is 0 Å². The van der Waals surface area contributed by atoms with Crippen LogP contribution in [-0.2, 0) is 4.84 Å². The molecule has 0 unspecified atom stereocenters. The van der Waals surface area contributed by atoms with Gasteiger partial charge in [-0.05, 0) is 12.1 Å². The van der Waals surface area contributed by atoms with Gasteiger partial charge in [0.05, 0.1) is 5.56 Å². The summed E-state index contributed by atoms with van der Waals surface area (Å²) in [5.74, 6) is -3.33. The summed E-state index contributed by atoms with van der Waals surface area (Å²) in [5.41, 5.74) is 0.777. The lowest BCUT2D eigenvalue weighted by molar-refractivity contribution is -0.184. The minimum Gasteiger partial charge on any atom is -0.267 e. The summed E-state index contributed by atoms with van der Waals surface area (Å²) in [6.07, 6.45) is -4.62. The molecule has 1 aromatic carbocycles. The molecule has 0 atom stereocenters. The van der Waals surface area contributed by atoms with Crippen LogP contribution in [0.25, 0.3) is 0 Å². The molecular formula is C9H6F5NO2. The molecule has 17 heavy (non-hydrogen) atoms. The van der Waals surface area contributed by atoms with E-state index in [-0.39, 0.29) is 0 Å². The fourth-order valence-electron chi connectivity index (χ4n) is 0.912. The summed E-state index contributed by atoms with van der Waals surface area (Å²) in [6.45, 7) is -1.71. The standard InChI is InChI=1S/C9H6F5NO2/c10-5-1-2-6(7(11)3-5)8(16)15-17-4-9(12,13)14/h1-3H,4H2,(H,15,16). The van der Waals surface area contributed by atoms with Crippen LogP contribution in [0.5, 0.6) is 0 Å². The van der Waals surface area contributed by atoms with Crippen molar-refractivity contribution in [3.8, 4) is 0 Å². The van der Waals surface area contributed by atoms with Crippen LogP contribution in [0.1, 0.15) is 10.4 Å². The number of halogens is 5. The second kappa shape index (κ2) is 5.09. The number of alkyl halides is 3. The molecule has 0 fully saturated rings. The predicted molar refractivity (Wildman–Crippen MR) is 45.8 cm³/mol. The fraction of sp³-hybridized carbons (Fsp3) is 0.222. The molecule has 0 bridgehead atoms. The minimum absolute atomic E-state index is 0.429. The van der Waals surface area contributed by atoms with Crippen molar-refractivity contribution >= 4 is 5.91 Å². The van der Waals surface area contributed by atoms with Gasteiger partial charge in [0.1, 0.15) is 11.6 Å². The van der Waals surface area contributed by atoms with Gasteiger partial charge in [0.25, 0.3) is 5.91 Å². The van der Waals surface area contributed by atoms with E-state index in [1.807, 2.05) is 0 Å². The van der Waals surface area contributed by atoms with Gasteiger partial charge in [-0.1, -0.05) is 0 Å². The van der Waals surface area contributed by atoms with E-state index in [9.17, 15) is 26.7 Å². The van der Waals surface area contributed by atoms with Gasteiger partial charge in [0.15, 0.2) is 6.61 Å². The normalized spacial score (nSPS) is 11.4. The summed E-state index contributed by atoms with van der Waals surface area (Å²) in [4.78, 5) is 14.9. The number of hydrogen-bond donors (Lipinski definition) is 1. The third kappa shape index (κ3) is 4.35. The lowest BCUT2D eigenvalue weighted by Crippen LogP contribution is -2.30. The molecule has 0 spiro atoms. The molecular weight excluding hydrogens is 249 g/mol. The van der Waals surface area contributed by atoms with Crippen molar-refractivity contribution in [3.63, 3.8) is 0 Å². The number of hydrogen-bond acceptors (Lipinski definition) is 2. The highest BCUT2D eigenvalue weighted by atomic mass is 19.4. The van der Waals surface area contributed by atoms with E-state index in [2.05, 4.69) is 4.84 Å². The van der Waals surface area contributed by atoms with Gasteiger partial charge < -0.3 is 0 Å². The van der Waals surface area contributed by atoms with Crippen LogP contribution >= 0.6 is 0 Å².